The van der Waals surface area contributed by atoms with E-state index < -0.39 is 23.0 Å². The van der Waals surface area contributed by atoms with E-state index in [2.05, 4.69) is 0 Å². The minimum Gasteiger partial charge on any atom is -0.735 e. The second-order valence-corrected chi connectivity index (χ2v) is 2.59. The van der Waals surface area contributed by atoms with Crippen molar-refractivity contribution in [2.75, 3.05) is 6.54 Å². The van der Waals surface area contributed by atoms with E-state index in [9.17, 15) is 26.1 Å². The predicted molar refractivity (Wildman–Crippen MR) is 23.8 cm³/mol. The maximum Gasteiger partial charge on any atom is 1.00 e. The summed E-state index contributed by atoms with van der Waals surface area (Å²) >= 11 is 0. The van der Waals surface area contributed by atoms with Gasteiger partial charge in [-0.2, -0.15) is 13.2 Å². The van der Waals surface area contributed by atoms with Crippen LogP contribution in [-0.2, 0) is 10.3 Å². The van der Waals surface area contributed by atoms with Crippen LogP contribution in [0.4, 0.5) is 13.2 Å². The van der Waals surface area contributed by atoms with Gasteiger partial charge in [0.15, 0.2) is 10.3 Å². The minimum atomic E-state index is -4.98. The van der Waals surface area contributed by atoms with Gasteiger partial charge in [-0.05, 0) is 0 Å². The first-order chi connectivity index (χ1) is 4.21. The van der Waals surface area contributed by atoms with Crippen LogP contribution in [0.3, 0.4) is 0 Å². The van der Waals surface area contributed by atoms with Crippen molar-refractivity contribution in [2.24, 2.45) is 0 Å². The first-order valence-corrected chi connectivity index (χ1v) is 3.39. The normalized spacial score (nSPS) is 12.4. The minimum absolute atomic E-state index is 0. The number of hydrogen-bond donors (Lipinski definition) is 1. The van der Waals surface area contributed by atoms with Crippen LogP contribution in [0.1, 0.15) is 0 Å². The van der Waals surface area contributed by atoms with Crippen LogP contribution in [0.25, 0.3) is 0 Å². The Morgan fingerprint density at radius 1 is 1.36 bits per heavy atom. The second-order valence-electron chi connectivity index (χ2n) is 1.39. The first-order valence-electron chi connectivity index (χ1n) is 1.98. The van der Waals surface area contributed by atoms with Gasteiger partial charge in [-0.15, -0.1) is 0 Å². The average Bonchev–Trinajstić information content (AvgIpc) is 1.57. The van der Waals surface area contributed by atoms with E-state index in [-0.39, 0.29) is 29.6 Å². The number of nitrogens with one attached hydrogen (secondary N) is 1. The van der Waals surface area contributed by atoms with Crippen LogP contribution >= 0.6 is 0 Å². The van der Waals surface area contributed by atoms with Crippen molar-refractivity contribution in [3.05, 3.63) is 0 Å². The molecule has 9 heteroatoms. The van der Waals surface area contributed by atoms with Crippen LogP contribution in [0, 0.1) is 0 Å². The van der Waals surface area contributed by atoms with Crippen molar-refractivity contribution in [1.29, 1.82) is 0 Å². The third-order valence-electron chi connectivity index (χ3n) is 0.449. The van der Waals surface area contributed by atoms with Crippen LogP contribution in [0.2, 0.25) is 0 Å². The fourth-order valence-corrected chi connectivity index (χ4v) is 0.511. The third-order valence-corrected chi connectivity index (χ3v) is 0.947. The molecule has 0 aliphatic rings. The molecule has 0 aliphatic heterocycles. The Labute approximate surface area is 83.3 Å². The van der Waals surface area contributed by atoms with E-state index in [1.54, 1.807) is 0 Å². The maximum absolute atomic E-state index is 11.1. The largest absolute Gasteiger partial charge is 1.00 e. The smallest absolute Gasteiger partial charge is 0.735 e. The molecule has 4 nitrogen and oxygen atoms in total. The Balaban J connectivity index is 0. The van der Waals surface area contributed by atoms with E-state index in [1.807, 2.05) is 0 Å². The Morgan fingerprint density at radius 3 is 1.82 bits per heavy atom. The molecular formula is C2H3F3NNaO3S. The fraction of sp³-hybridized carbons (Fsp3) is 1.00. The molecule has 0 saturated carbocycles. The van der Waals surface area contributed by atoms with Crippen molar-refractivity contribution < 1.29 is 55.7 Å². The second kappa shape index (κ2) is 4.63. The van der Waals surface area contributed by atoms with Crippen LogP contribution in [0.15, 0.2) is 0 Å². The fourth-order valence-electron chi connectivity index (χ4n) is 0.170. The number of hydrogen-bond acceptors (Lipinski definition) is 3. The molecule has 0 spiro atoms. The van der Waals surface area contributed by atoms with Crippen molar-refractivity contribution in [2.45, 2.75) is 6.18 Å². The molecule has 11 heavy (non-hydrogen) atoms. The summed E-state index contributed by atoms with van der Waals surface area (Å²) in [7, 11) is -4.98. The standard InChI is InChI=1S/C2H4F3NO3S.Na/c3-2(4,5)1-6-10(7,8)9;/h6H,1H2,(H,7,8,9);/q;+1/p-1. The first kappa shape index (κ1) is 14.2. The zero-order valence-electron chi connectivity index (χ0n) is 5.47. The van der Waals surface area contributed by atoms with E-state index in [0.717, 1.165) is 4.72 Å². The third kappa shape index (κ3) is 13.6. The molecule has 0 heterocycles. The molecule has 0 unspecified atom stereocenters. The molecule has 0 aromatic rings. The van der Waals surface area contributed by atoms with Crippen LogP contribution in [0.5, 0.6) is 0 Å². The summed E-state index contributed by atoms with van der Waals surface area (Å²) in [5.41, 5.74) is 0. The molecule has 0 aliphatic carbocycles. The Hall–Kier alpha value is 0.660. The zero-order valence-corrected chi connectivity index (χ0v) is 8.29. The molecule has 1 N–H and O–H groups in total. The summed E-state index contributed by atoms with van der Waals surface area (Å²) in [6, 6.07) is 0. The quantitative estimate of drug-likeness (QED) is 0.374. The maximum atomic E-state index is 11.1. The molecule has 0 atom stereocenters. The molecule has 0 bridgehead atoms. The van der Waals surface area contributed by atoms with Gasteiger partial charge in [0, 0.05) is 0 Å². The van der Waals surface area contributed by atoms with Crippen molar-refractivity contribution in [3.63, 3.8) is 0 Å². The Bertz CT molecular complexity index is 199. The van der Waals surface area contributed by atoms with Gasteiger partial charge in [-0.3, -0.25) is 0 Å². The van der Waals surface area contributed by atoms with Crippen LogP contribution in [-0.4, -0.2) is 25.7 Å². The van der Waals surface area contributed by atoms with E-state index in [0.29, 0.717) is 0 Å². The van der Waals surface area contributed by atoms with Gasteiger partial charge in [0.1, 0.15) is 6.54 Å². The number of halogens is 3. The van der Waals surface area contributed by atoms with Crippen LogP contribution < -0.4 is 34.3 Å². The van der Waals surface area contributed by atoms with E-state index in [4.69, 9.17) is 0 Å². The van der Waals surface area contributed by atoms with E-state index >= 15 is 0 Å². The number of alkyl halides is 3. The summed E-state index contributed by atoms with van der Waals surface area (Å²) in [6.07, 6.45) is -4.68. The summed E-state index contributed by atoms with van der Waals surface area (Å²) in [5.74, 6) is 0. The molecule has 0 saturated heterocycles. The molecule has 0 amide bonds. The summed E-state index contributed by atoms with van der Waals surface area (Å²) in [4.78, 5) is 0. The molecule has 0 radical (unpaired) electrons. The van der Waals surface area contributed by atoms with E-state index in [1.165, 1.54) is 0 Å². The van der Waals surface area contributed by atoms with Gasteiger partial charge in [-0.1, -0.05) is 0 Å². The predicted octanol–water partition coefficient (Wildman–Crippen LogP) is -3.40. The molecule has 0 aromatic carbocycles. The van der Waals surface area contributed by atoms with Gasteiger partial charge in [-0.25, -0.2) is 13.1 Å². The van der Waals surface area contributed by atoms with Crippen molar-refractivity contribution in [1.82, 2.24) is 4.72 Å². The average molecular weight is 201 g/mol. The Kier molecular flexibility index (Phi) is 5.97. The molecule has 62 valence electrons. The van der Waals surface area contributed by atoms with Gasteiger partial charge in [0.2, 0.25) is 0 Å². The van der Waals surface area contributed by atoms with Gasteiger partial charge in [0.05, 0.1) is 0 Å². The molecule has 0 aromatic heterocycles. The van der Waals surface area contributed by atoms with Gasteiger partial charge < -0.3 is 4.55 Å². The summed E-state index contributed by atoms with van der Waals surface area (Å²) in [6.45, 7) is -1.82. The molecule has 0 fully saturated rings. The summed E-state index contributed by atoms with van der Waals surface area (Å²) < 4.78 is 62.6. The topological polar surface area (TPSA) is 69.2 Å². The van der Waals surface area contributed by atoms with Crippen molar-refractivity contribution in [3.8, 4) is 0 Å². The van der Waals surface area contributed by atoms with Gasteiger partial charge >= 0.3 is 35.7 Å². The Morgan fingerprint density at radius 2 is 1.73 bits per heavy atom. The summed E-state index contributed by atoms with van der Waals surface area (Å²) in [5, 5.41) is 0. The van der Waals surface area contributed by atoms with Gasteiger partial charge in [0.25, 0.3) is 0 Å². The zero-order chi connectivity index (χ0) is 8.41. The number of rotatable bonds is 2. The molecular weight excluding hydrogens is 198 g/mol. The SMILES string of the molecule is O=S(=O)([O-])NCC(F)(F)F.[Na+]. The monoisotopic (exact) mass is 201 g/mol. The van der Waals surface area contributed by atoms with Crippen molar-refractivity contribution >= 4 is 10.3 Å². The molecule has 0 rings (SSSR count).